The second-order valence-electron chi connectivity index (χ2n) is 3.17. The van der Waals surface area contributed by atoms with Crippen molar-refractivity contribution in [3.8, 4) is 0 Å². The van der Waals surface area contributed by atoms with Gasteiger partial charge in [0.1, 0.15) is 0 Å². The number of aryl methyl sites for hydroxylation is 1. The summed E-state index contributed by atoms with van der Waals surface area (Å²) >= 11 is 4.59. The fourth-order valence-electron chi connectivity index (χ4n) is 0.534. The first-order valence-corrected chi connectivity index (χ1v) is 6.39. The third-order valence-electron chi connectivity index (χ3n) is 1.32. The number of hydrogen-bond donors (Lipinski definition) is 3. The van der Waals surface area contributed by atoms with Crippen LogP contribution in [0.15, 0.2) is 30.3 Å². The zero-order chi connectivity index (χ0) is 13.8. The summed E-state index contributed by atoms with van der Waals surface area (Å²) in [6, 6.07) is 10.3. The summed E-state index contributed by atoms with van der Waals surface area (Å²) in [7, 11) is 3.51. The molecule has 1 rings (SSSR count). The average molecular weight is 368 g/mol. The Labute approximate surface area is 118 Å². The average Bonchev–Trinajstić information content (AvgIpc) is 2.18. The molecule has 0 saturated carbocycles. The van der Waals surface area contributed by atoms with Crippen LogP contribution in [0.3, 0.4) is 0 Å². The van der Waals surface area contributed by atoms with Crippen molar-refractivity contribution in [2.24, 2.45) is 5.73 Å². The number of rotatable bonds is 1. The zero-order valence-electron chi connectivity index (χ0n) is 10.1. The fraction of sp³-hybridized carbons (Fsp3) is 0.273. The van der Waals surface area contributed by atoms with E-state index in [4.69, 9.17) is 10.2 Å². The number of nitrogens with two attached hydrogens (primary N) is 1. The van der Waals surface area contributed by atoms with Gasteiger partial charge in [0, 0.05) is 0 Å². The van der Waals surface area contributed by atoms with Crippen LogP contribution in [-0.2, 0) is 0 Å². The van der Waals surface area contributed by atoms with E-state index in [9.17, 15) is 0 Å². The van der Waals surface area contributed by atoms with Crippen LogP contribution in [0.5, 0.6) is 0 Å². The molecule has 0 heterocycles. The van der Waals surface area contributed by atoms with Crippen molar-refractivity contribution in [2.45, 2.75) is 6.92 Å². The van der Waals surface area contributed by atoms with Gasteiger partial charge in [0.25, 0.3) is 0 Å². The maximum absolute atomic E-state index is 8.42. The molecule has 0 aliphatic carbocycles. The Kier molecular flexibility index (Phi) is 12.7. The number of benzene rings is 1. The van der Waals surface area contributed by atoms with Crippen molar-refractivity contribution >= 4 is 40.6 Å². The number of aliphatic hydroxyl groups is 2. The van der Waals surface area contributed by atoms with Gasteiger partial charge in [0.2, 0.25) is 0 Å². The molecule has 4 nitrogen and oxygen atoms in total. The third kappa shape index (κ3) is 21.1. The molecule has 0 radical (unpaired) electrons. The van der Waals surface area contributed by atoms with Crippen molar-refractivity contribution in [2.75, 3.05) is 14.1 Å². The van der Waals surface area contributed by atoms with E-state index >= 15 is 0 Å². The van der Waals surface area contributed by atoms with E-state index in [-0.39, 0.29) is 9.45 Å². The summed E-state index contributed by atoms with van der Waals surface area (Å²) in [6.07, 6.45) is 0. The van der Waals surface area contributed by atoms with Gasteiger partial charge < -0.3 is 0 Å². The summed E-state index contributed by atoms with van der Waals surface area (Å²) in [4.78, 5) is 1.58. The Balaban J connectivity index is 0. The Morgan fingerprint density at radius 1 is 1.12 bits per heavy atom. The molecule has 17 heavy (non-hydrogen) atoms. The number of hydrogen-bond acceptors (Lipinski definition) is 4. The predicted molar refractivity (Wildman–Crippen MR) is 74.4 cm³/mol. The minimum atomic E-state index is -0.208. The molecule has 0 aliphatic heterocycles. The molecule has 0 fully saturated rings. The standard InChI is InChI=1S/C7H8.C3H7NOSe.CH3NOSe/c1-7-5-3-2-4-6-7;1-4(2)3(5)6;2-1(3)4/h2-6H,1H3;1-2H3,(H,5,6);(H3,2,3,4). The number of aliphatic hydroxyl groups excluding tert-OH is 2. The monoisotopic (exact) mass is 370 g/mol. The first kappa shape index (κ1) is 18.6. The topological polar surface area (TPSA) is 69.7 Å². The van der Waals surface area contributed by atoms with Crippen molar-refractivity contribution in [1.29, 1.82) is 0 Å². The van der Waals surface area contributed by atoms with Crippen molar-refractivity contribution in [3.05, 3.63) is 35.9 Å². The van der Waals surface area contributed by atoms with E-state index in [0.29, 0.717) is 0 Å². The molecule has 1 aromatic carbocycles. The molecular weight excluding hydrogens is 350 g/mol. The molecule has 1 aromatic rings. The molecule has 0 aromatic heterocycles. The number of nitrogens with zero attached hydrogens (tertiary/aromatic N) is 1. The van der Waals surface area contributed by atoms with Gasteiger partial charge in [-0.3, -0.25) is 0 Å². The molecule has 0 bridgehead atoms. The molecule has 0 saturated heterocycles. The zero-order valence-corrected chi connectivity index (χ0v) is 13.5. The van der Waals surface area contributed by atoms with Gasteiger partial charge in [-0.2, -0.15) is 0 Å². The molecule has 0 amide bonds. The minimum absolute atomic E-state index is 0.208. The van der Waals surface area contributed by atoms with E-state index in [1.54, 1.807) is 19.0 Å². The molecular formula is C11H18N2O2Se2. The molecule has 0 aliphatic rings. The van der Waals surface area contributed by atoms with Crippen LogP contribution < -0.4 is 5.73 Å². The molecule has 0 unspecified atom stereocenters. The van der Waals surface area contributed by atoms with Gasteiger partial charge in [-0.05, 0) is 6.92 Å². The second-order valence-corrected chi connectivity index (χ2v) is 4.81. The van der Waals surface area contributed by atoms with Crippen LogP contribution >= 0.6 is 0 Å². The summed E-state index contributed by atoms with van der Waals surface area (Å²) < 4.78 is 0.00926. The van der Waals surface area contributed by atoms with Crippen LogP contribution in [-0.4, -0.2) is 69.8 Å². The quantitative estimate of drug-likeness (QED) is 0.598. The molecule has 96 valence electrons. The molecule has 6 heteroatoms. The molecule has 0 spiro atoms. The van der Waals surface area contributed by atoms with Crippen molar-refractivity contribution < 1.29 is 10.2 Å². The molecule has 0 atom stereocenters. The summed E-state index contributed by atoms with van der Waals surface area (Å²) in [5, 5.41) is 16.1. The molecule has 4 N–H and O–H groups in total. The summed E-state index contributed by atoms with van der Waals surface area (Å²) in [6.45, 7) is 2.08. The van der Waals surface area contributed by atoms with E-state index in [2.05, 4.69) is 55.9 Å². The van der Waals surface area contributed by atoms with Crippen LogP contribution in [0.2, 0.25) is 0 Å². The first-order chi connectivity index (χ1) is 7.77. The van der Waals surface area contributed by atoms with E-state index in [0.717, 1.165) is 0 Å². The van der Waals surface area contributed by atoms with Gasteiger partial charge in [-0.25, -0.2) is 0 Å². The Bertz CT molecular complexity index is 326. The second kappa shape index (κ2) is 11.7. The van der Waals surface area contributed by atoms with Crippen molar-refractivity contribution in [3.63, 3.8) is 0 Å². The third-order valence-corrected chi connectivity index (χ3v) is 2.09. The van der Waals surface area contributed by atoms with Crippen molar-refractivity contribution in [1.82, 2.24) is 4.90 Å². The van der Waals surface area contributed by atoms with Crippen LogP contribution in [0.1, 0.15) is 5.56 Å². The predicted octanol–water partition coefficient (Wildman–Crippen LogP) is -0.255. The summed E-state index contributed by atoms with van der Waals surface area (Å²) in [5.41, 5.74) is 5.85. The Morgan fingerprint density at radius 2 is 1.41 bits per heavy atom. The van der Waals surface area contributed by atoms with Gasteiger partial charge >= 0.3 is 75.5 Å². The fourth-order valence-corrected chi connectivity index (χ4v) is 0.534. The van der Waals surface area contributed by atoms with Crippen LogP contribution in [0.4, 0.5) is 0 Å². The van der Waals surface area contributed by atoms with Gasteiger partial charge in [0.15, 0.2) is 0 Å². The van der Waals surface area contributed by atoms with E-state index < -0.39 is 0 Å². The SMILES string of the molecule is CN(C)C(O)=[Se].Cc1ccccc1.NC(O)=[Se]. The van der Waals surface area contributed by atoms with E-state index in [1.165, 1.54) is 5.56 Å². The van der Waals surface area contributed by atoms with Crippen LogP contribution in [0.25, 0.3) is 0 Å². The summed E-state index contributed by atoms with van der Waals surface area (Å²) in [5.74, 6) is 0. The Hall–Kier alpha value is -0.801. The Morgan fingerprint density at radius 3 is 1.53 bits per heavy atom. The first-order valence-electron chi connectivity index (χ1n) is 4.67. The maximum atomic E-state index is 8.42. The van der Waals surface area contributed by atoms with E-state index in [1.807, 2.05) is 18.2 Å². The normalized spacial score (nSPS) is 7.71. The van der Waals surface area contributed by atoms with Gasteiger partial charge in [-0.15, -0.1) is 0 Å². The van der Waals surface area contributed by atoms with Crippen LogP contribution in [0, 0.1) is 6.92 Å². The van der Waals surface area contributed by atoms with Gasteiger partial charge in [-0.1, -0.05) is 35.9 Å². The van der Waals surface area contributed by atoms with Gasteiger partial charge in [0.05, 0.1) is 0 Å².